The minimum absolute atomic E-state index is 0.0841. The fourth-order valence-electron chi connectivity index (χ4n) is 1.21. The molecule has 0 aliphatic heterocycles. The molecule has 4 N–H and O–H groups in total. The lowest BCUT2D eigenvalue weighted by Crippen LogP contribution is -2.28. The Morgan fingerprint density at radius 1 is 1.47 bits per heavy atom. The number of carboxylic acid groups (broad SMARTS) is 1. The van der Waals surface area contributed by atoms with Crippen LogP contribution in [0.25, 0.3) is 0 Å². The first-order valence-corrected chi connectivity index (χ1v) is 6.99. The Bertz CT molecular complexity index is 571. The van der Waals surface area contributed by atoms with Crippen molar-refractivity contribution >= 4 is 27.5 Å². The van der Waals surface area contributed by atoms with Crippen LogP contribution >= 0.6 is 0 Å². The Morgan fingerprint density at radius 2 is 2.11 bits per heavy atom. The first-order valence-electron chi connectivity index (χ1n) is 5.38. The Morgan fingerprint density at radius 3 is 2.63 bits per heavy atom. The summed E-state index contributed by atoms with van der Waals surface area (Å²) in [5.74, 6) is -1.16. The number of nitrogens with one attached hydrogen (secondary N) is 1. The second-order valence-electron chi connectivity index (χ2n) is 3.96. The summed E-state index contributed by atoms with van der Waals surface area (Å²) in [4.78, 5) is 14.5. The molecule has 1 heterocycles. The van der Waals surface area contributed by atoms with Gasteiger partial charge in [-0.25, -0.2) is 22.5 Å². The number of hydrogen-bond acceptors (Lipinski definition) is 6. The zero-order chi connectivity index (χ0) is 14.6. The Hall–Kier alpha value is -1.87. The van der Waals surface area contributed by atoms with Gasteiger partial charge >= 0.3 is 5.97 Å². The molecule has 0 unspecified atom stereocenters. The molecule has 8 nitrogen and oxygen atoms in total. The molecular weight excluding hydrogens is 272 g/mol. The van der Waals surface area contributed by atoms with Crippen LogP contribution in [0, 0.1) is 0 Å². The molecule has 0 fully saturated rings. The van der Waals surface area contributed by atoms with E-state index in [-0.39, 0.29) is 29.5 Å². The van der Waals surface area contributed by atoms with Crippen molar-refractivity contribution in [2.24, 2.45) is 0 Å². The number of anilines is 2. The van der Waals surface area contributed by atoms with Gasteiger partial charge in [0.05, 0.1) is 11.4 Å². The number of rotatable bonds is 6. The monoisotopic (exact) mass is 288 g/mol. The molecule has 0 aliphatic rings. The average molecular weight is 288 g/mol. The number of aromatic carboxylic acids is 1. The van der Waals surface area contributed by atoms with E-state index in [1.165, 1.54) is 26.2 Å². The van der Waals surface area contributed by atoms with Crippen molar-refractivity contribution in [2.75, 3.05) is 37.4 Å². The average Bonchev–Trinajstić information content (AvgIpc) is 2.30. The SMILES string of the molecule is CN(C)S(=O)(=O)CCNc1nc(C(=O)O)ccc1N. The van der Waals surface area contributed by atoms with Crippen LogP contribution in [-0.2, 0) is 10.0 Å². The number of nitrogens with zero attached hydrogens (tertiary/aromatic N) is 2. The lowest BCUT2D eigenvalue weighted by atomic mass is 10.3. The Kier molecular flexibility index (Phi) is 4.67. The van der Waals surface area contributed by atoms with Gasteiger partial charge in [-0.15, -0.1) is 0 Å². The number of nitrogen functional groups attached to an aromatic ring is 1. The lowest BCUT2D eigenvalue weighted by molar-refractivity contribution is 0.0690. The number of carboxylic acids is 1. The van der Waals surface area contributed by atoms with Crippen LogP contribution in [0.15, 0.2) is 12.1 Å². The topological polar surface area (TPSA) is 126 Å². The van der Waals surface area contributed by atoms with Gasteiger partial charge < -0.3 is 16.2 Å². The first kappa shape index (κ1) is 15.2. The van der Waals surface area contributed by atoms with Gasteiger partial charge in [0.15, 0.2) is 5.69 Å². The summed E-state index contributed by atoms with van der Waals surface area (Å²) in [5.41, 5.74) is 5.72. The highest BCUT2D eigenvalue weighted by atomic mass is 32.2. The molecule has 0 amide bonds. The van der Waals surface area contributed by atoms with Gasteiger partial charge in [0, 0.05) is 20.6 Å². The van der Waals surface area contributed by atoms with Gasteiger partial charge in [-0.1, -0.05) is 0 Å². The number of carbonyl (C=O) groups is 1. The van der Waals surface area contributed by atoms with Crippen molar-refractivity contribution in [1.29, 1.82) is 0 Å². The summed E-state index contributed by atoms with van der Waals surface area (Å²) >= 11 is 0. The van der Waals surface area contributed by atoms with Gasteiger partial charge in [0.1, 0.15) is 5.82 Å². The van der Waals surface area contributed by atoms with Crippen LogP contribution in [-0.4, -0.2) is 55.2 Å². The lowest BCUT2D eigenvalue weighted by Gasteiger charge is -2.12. The van der Waals surface area contributed by atoms with Crippen LogP contribution in [0.1, 0.15) is 10.5 Å². The van der Waals surface area contributed by atoms with Crippen molar-refractivity contribution < 1.29 is 18.3 Å². The summed E-state index contributed by atoms with van der Waals surface area (Å²) in [6.07, 6.45) is 0. The molecule has 0 aliphatic carbocycles. The highest BCUT2D eigenvalue weighted by Gasteiger charge is 2.14. The van der Waals surface area contributed by atoms with Gasteiger partial charge in [-0.3, -0.25) is 0 Å². The highest BCUT2D eigenvalue weighted by molar-refractivity contribution is 7.89. The molecule has 0 atom stereocenters. The van der Waals surface area contributed by atoms with Gasteiger partial charge in [0.2, 0.25) is 10.0 Å². The van der Waals surface area contributed by atoms with Crippen LogP contribution in [0.2, 0.25) is 0 Å². The van der Waals surface area contributed by atoms with Crippen LogP contribution in [0.3, 0.4) is 0 Å². The maximum Gasteiger partial charge on any atom is 0.354 e. The second-order valence-corrected chi connectivity index (χ2v) is 6.27. The summed E-state index contributed by atoms with van der Waals surface area (Å²) in [7, 11) is -0.447. The van der Waals surface area contributed by atoms with Gasteiger partial charge in [-0.2, -0.15) is 0 Å². The highest BCUT2D eigenvalue weighted by Crippen LogP contribution is 2.15. The van der Waals surface area contributed by atoms with E-state index in [1.807, 2.05) is 0 Å². The zero-order valence-corrected chi connectivity index (χ0v) is 11.4. The number of aromatic nitrogens is 1. The third-order valence-electron chi connectivity index (χ3n) is 2.35. The van der Waals surface area contributed by atoms with Crippen LogP contribution in [0.4, 0.5) is 11.5 Å². The quantitative estimate of drug-likeness (QED) is 0.654. The number of hydrogen-bond donors (Lipinski definition) is 3. The van der Waals surface area contributed by atoms with E-state index in [1.54, 1.807) is 0 Å². The van der Waals surface area contributed by atoms with E-state index in [9.17, 15) is 13.2 Å². The minimum atomic E-state index is -3.32. The van der Waals surface area contributed by atoms with Crippen molar-refractivity contribution in [3.63, 3.8) is 0 Å². The van der Waals surface area contributed by atoms with E-state index < -0.39 is 16.0 Å². The van der Waals surface area contributed by atoms with Crippen molar-refractivity contribution in [3.8, 4) is 0 Å². The van der Waals surface area contributed by atoms with Gasteiger partial charge in [0.25, 0.3) is 0 Å². The van der Waals surface area contributed by atoms with Crippen molar-refractivity contribution in [3.05, 3.63) is 17.8 Å². The van der Waals surface area contributed by atoms with Crippen LogP contribution in [0.5, 0.6) is 0 Å². The molecule has 1 aromatic heterocycles. The largest absolute Gasteiger partial charge is 0.477 e. The van der Waals surface area contributed by atoms with E-state index >= 15 is 0 Å². The number of pyridine rings is 1. The Balaban J connectivity index is 2.73. The summed E-state index contributed by atoms with van der Waals surface area (Å²) in [6, 6.07) is 2.68. The van der Waals surface area contributed by atoms with Crippen LogP contribution < -0.4 is 11.1 Å². The molecule has 0 bridgehead atoms. The van der Waals surface area contributed by atoms with E-state index in [0.29, 0.717) is 0 Å². The summed E-state index contributed by atoms with van der Waals surface area (Å²) in [5, 5.41) is 11.5. The minimum Gasteiger partial charge on any atom is -0.477 e. The Labute approximate surface area is 111 Å². The smallest absolute Gasteiger partial charge is 0.354 e. The molecule has 0 spiro atoms. The van der Waals surface area contributed by atoms with E-state index in [0.717, 1.165) is 4.31 Å². The normalized spacial score (nSPS) is 11.5. The number of nitrogens with two attached hydrogens (primary N) is 1. The third-order valence-corrected chi connectivity index (χ3v) is 4.19. The fourth-order valence-corrected chi connectivity index (χ4v) is 1.94. The van der Waals surface area contributed by atoms with Gasteiger partial charge in [-0.05, 0) is 12.1 Å². The van der Waals surface area contributed by atoms with E-state index in [2.05, 4.69) is 10.3 Å². The predicted molar refractivity (Wildman–Crippen MR) is 71.6 cm³/mol. The molecule has 0 radical (unpaired) electrons. The molecule has 0 aromatic carbocycles. The third kappa shape index (κ3) is 4.07. The summed E-state index contributed by atoms with van der Waals surface area (Å²) in [6.45, 7) is 0.0841. The van der Waals surface area contributed by atoms with Crippen molar-refractivity contribution in [2.45, 2.75) is 0 Å². The molecule has 106 valence electrons. The van der Waals surface area contributed by atoms with Crippen molar-refractivity contribution in [1.82, 2.24) is 9.29 Å². The van der Waals surface area contributed by atoms with E-state index in [4.69, 9.17) is 10.8 Å². The summed E-state index contributed by atoms with van der Waals surface area (Å²) < 4.78 is 24.2. The first-order chi connectivity index (χ1) is 8.74. The predicted octanol–water partition coefficient (Wildman–Crippen LogP) is -0.335. The fraction of sp³-hybridized carbons (Fsp3) is 0.400. The molecule has 1 rings (SSSR count). The standard InChI is InChI=1S/C10H16N4O4S/c1-14(2)19(17,18)6-5-12-9-7(11)3-4-8(13-9)10(15)16/h3-4H,5-6,11H2,1-2H3,(H,12,13)(H,15,16). The molecule has 1 aromatic rings. The second kappa shape index (κ2) is 5.85. The molecule has 0 saturated heterocycles. The molecular formula is C10H16N4O4S. The maximum absolute atomic E-state index is 11.5. The zero-order valence-electron chi connectivity index (χ0n) is 10.6. The molecule has 0 saturated carbocycles. The maximum atomic E-state index is 11.5. The number of sulfonamides is 1. The molecule has 19 heavy (non-hydrogen) atoms. The molecule has 9 heteroatoms.